The summed E-state index contributed by atoms with van der Waals surface area (Å²) in [6.07, 6.45) is 45.8. The predicted octanol–water partition coefficient (Wildman–Crippen LogP) is 13.5. The van der Waals surface area contributed by atoms with E-state index in [4.69, 9.17) is 14.8 Å². The highest BCUT2D eigenvalue weighted by molar-refractivity contribution is 7.47. The van der Waals surface area contributed by atoms with Gasteiger partial charge in [-0.05, 0) is 12.8 Å². The third-order valence-electron chi connectivity index (χ3n) is 11.8. The third-order valence-corrected chi connectivity index (χ3v) is 12.7. The minimum absolute atomic E-state index is 0.0629. The zero-order valence-corrected chi connectivity index (χ0v) is 39.3. The number of nitrogens with one attached hydrogen (secondary N) is 1. The van der Waals surface area contributed by atoms with E-state index < -0.39 is 32.0 Å². The lowest BCUT2D eigenvalue weighted by molar-refractivity contribution is -0.125. The van der Waals surface area contributed by atoms with E-state index >= 15 is 0 Å². The lowest BCUT2D eigenvalue weighted by Gasteiger charge is -2.25. The van der Waals surface area contributed by atoms with Crippen molar-refractivity contribution in [3.05, 3.63) is 0 Å². The highest BCUT2D eigenvalue weighted by Crippen LogP contribution is 2.43. The van der Waals surface area contributed by atoms with E-state index in [1.54, 1.807) is 0 Å². The number of rotatable bonds is 48. The molecule has 0 rings (SSSR count). The SMILES string of the molecule is CCCCCCCCCCCCCCCCCCCCCC(O)C(COP(=O)(O)OCCN)NC(=O)CC(O)CCCCCCCCCCCCCCCCCCC. The number of unbranched alkanes of at least 4 members (excludes halogenated alkanes) is 34. The molecule has 6 N–H and O–H groups in total. The summed E-state index contributed by atoms with van der Waals surface area (Å²) in [6.45, 7) is 4.09. The van der Waals surface area contributed by atoms with Gasteiger partial charge in [0.05, 0.1) is 37.9 Å². The molecule has 0 aromatic rings. The molecule has 0 saturated heterocycles. The van der Waals surface area contributed by atoms with E-state index in [1.165, 1.54) is 193 Å². The fraction of sp³-hybridized carbons (Fsp3) is 0.979. The standard InChI is InChI=1S/C48H99N2O7P/c1-3-5-7-9-11-13-15-17-19-21-22-24-26-28-30-32-34-36-38-40-47(52)46(44-57-58(54,55)56-42-41-49)50-48(53)43-45(51)39-37-35-33-31-29-27-25-23-20-18-16-14-12-10-8-6-4-2/h45-47,51-52H,3-44,49H2,1-2H3,(H,50,53)(H,54,55). The van der Waals surface area contributed by atoms with E-state index in [1.807, 2.05) is 0 Å². The first-order chi connectivity index (χ1) is 28.3. The molecule has 9 nitrogen and oxygen atoms in total. The third kappa shape index (κ3) is 42.2. The quantitative estimate of drug-likeness (QED) is 0.0300. The van der Waals surface area contributed by atoms with Crippen molar-refractivity contribution in [1.82, 2.24) is 5.32 Å². The van der Waals surface area contributed by atoms with Crippen molar-refractivity contribution in [3.8, 4) is 0 Å². The van der Waals surface area contributed by atoms with Crippen LogP contribution in [0.25, 0.3) is 0 Å². The van der Waals surface area contributed by atoms with Crippen LogP contribution in [0.5, 0.6) is 0 Å². The van der Waals surface area contributed by atoms with Gasteiger partial charge in [-0.2, -0.15) is 0 Å². The normalized spacial score (nSPS) is 14.4. The Morgan fingerprint density at radius 1 is 0.517 bits per heavy atom. The number of aliphatic hydroxyl groups is 2. The molecule has 0 heterocycles. The zero-order valence-electron chi connectivity index (χ0n) is 38.4. The molecule has 1 amide bonds. The fourth-order valence-electron chi connectivity index (χ4n) is 7.95. The van der Waals surface area contributed by atoms with Gasteiger partial charge in [0.1, 0.15) is 0 Å². The number of hydrogen-bond acceptors (Lipinski definition) is 7. The van der Waals surface area contributed by atoms with Crippen LogP contribution in [0.3, 0.4) is 0 Å². The van der Waals surface area contributed by atoms with Gasteiger partial charge in [0.2, 0.25) is 5.91 Å². The molecule has 0 aliphatic rings. The van der Waals surface area contributed by atoms with Gasteiger partial charge in [-0.15, -0.1) is 0 Å². The molecule has 58 heavy (non-hydrogen) atoms. The minimum atomic E-state index is -4.37. The molecule has 0 aromatic carbocycles. The zero-order chi connectivity index (χ0) is 42.6. The Bertz CT molecular complexity index is 898. The van der Waals surface area contributed by atoms with Crippen LogP contribution in [0.4, 0.5) is 0 Å². The number of carbonyl (C=O) groups is 1. The molecular weight excluding hydrogens is 748 g/mol. The molecule has 0 radical (unpaired) electrons. The summed E-state index contributed by atoms with van der Waals surface area (Å²) in [5.41, 5.74) is 5.39. The van der Waals surface area contributed by atoms with Crippen molar-refractivity contribution >= 4 is 13.7 Å². The van der Waals surface area contributed by atoms with Gasteiger partial charge in [-0.1, -0.05) is 245 Å². The summed E-state index contributed by atoms with van der Waals surface area (Å²) in [5, 5.41) is 24.3. The summed E-state index contributed by atoms with van der Waals surface area (Å²) in [7, 11) is -4.37. The molecule has 4 unspecified atom stereocenters. The lowest BCUT2D eigenvalue weighted by Crippen LogP contribution is -2.47. The Hall–Kier alpha value is -0.540. The molecule has 0 aliphatic heterocycles. The van der Waals surface area contributed by atoms with Crippen LogP contribution in [-0.2, 0) is 18.4 Å². The maximum absolute atomic E-state index is 12.9. The molecule has 0 fully saturated rings. The molecule has 0 aromatic heterocycles. The molecule has 0 aliphatic carbocycles. The smallest absolute Gasteiger partial charge is 0.393 e. The summed E-state index contributed by atoms with van der Waals surface area (Å²) >= 11 is 0. The van der Waals surface area contributed by atoms with E-state index in [0.717, 1.165) is 38.5 Å². The summed E-state index contributed by atoms with van der Waals surface area (Å²) < 4.78 is 22.2. The highest BCUT2D eigenvalue weighted by Gasteiger charge is 2.28. The van der Waals surface area contributed by atoms with Crippen molar-refractivity contribution < 1.29 is 33.5 Å². The number of hydrogen-bond donors (Lipinski definition) is 5. The molecule has 0 bridgehead atoms. The van der Waals surface area contributed by atoms with Crippen LogP contribution >= 0.6 is 7.82 Å². The molecule has 0 spiro atoms. The second-order valence-corrected chi connectivity index (χ2v) is 19.0. The Kier molecular flexibility index (Phi) is 44.1. The lowest BCUT2D eigenvalue weighted by atomic mass is 10.0. The van der Waals surface area contributed by atoms with Crippen LogP contribution < -0.4 is 11.1 Å². The number of amides is 1. The van der Waals surface area contributed by atoms with Gasteiger partial charge < -0.3 is 26.2 Å². The van der Waals surface area contributed by atoms with Gasteiger partial charge in [0.25, 0.3) is 0 Å². The van der Waals surface area contributed by atoms with Gasteiger partial charge in [0, 0.05) is 6.54 Å². The first kappa shape index (κ1) is 57.5. The van der Waals surface area contributed by atoms with Crippen molar-refractivity contribution in [3.63, 3.8) is 0 Å². The molecule has 348 valence electrons. The predicted molar refractivity (Wildman–Crippen MR) is 246 cm³/mol. The largest absolute Gasteiger partial charge is 0.472 e. The number of nitrogens with two attached hydrogens (primary N) is 1. The van der Waals surface area contributed by atoms with Gasteiger partial charge >= 0.3 is 7.82 Å². The monoisotopic (exact) mass is 847 g/mol. The number of carbonyl (C=O) groups excluding carboxylic acids is 1. The topological polar surface area (TPSA) is 151 Å². The number of phosphoric ester groups is 1. The maximum Gasteiger partial charge on any atom is 0.472 e. The van der Waals surface area contributed by atoms with E-state index in [2.05, 4.69) is 19.2 Å². The van der Waals surface area contributed by atoms with Crippen LogP contribution in [0.1, 0.15) is 264 Å². The van der Waals surface area contributed by atoms with Crippen molar-refractivity contribution in [2.75, 3.05) is 19.8 Å². The molecule has 10 heteroatoms. The summed E-state index contributed by atoms with van der Waals surface area (Å²) in [4.78, 5) is 22.9. The van der Waals surface area contributed by atoms with Crippen molar-refractivity contribution in [2.24, 2.45) is 5.73 Å². The highest BCUT2D eigenvalue weighted by atomic mass is 31.2. The van der Waals surface area contributed by atoms with E-state index in [-0.39, 0.29) is 26.2 Å². The Labute approximate surface area is 359 Å². The van der Waals surface area contributed by atoms with Gasteiger partial charge in [-0.3, -0.25) is 13.8 Å². The van der Waals surface area contributed by atoms with Crippen LogP contribution in [-0.4, -0.2) is 59.0 Å². The average Bonchev–Trinajstić information content (AvgIpc) is 3.20. The van der Waals surface area contributed by atoms with Crippen molar-refractivity contribution in [1.29, 1.82) is 0 Å². The summed E-state index contributed by atoms with van der Waals surface area (Å²) in [5.74, 6) is -0.407. The first-order valence-electron chi connectivity index (χ1n) is 25.2. The van der Waals surface area contributed by atoms with Gasteiger partial charge in [-0.25, -0.2) is 4.57 Å². The Morgan fingerprint density at radius 3 is 1.16 bits per heavy atom. The molecule has 0 saturated carbocycles. The first-order valence-corrected chi connectivity index (χ1v) is 26.7. The maximum atomic E-state index is 12.9. The van der Waals surface area contributed by atoms with E-state index in [9.17, 15) is 24.5 Å². The fourth-order valence-corrected chi connectivity index (χ4v) is 8.71. The second-order valence-electron chi connectivity index (χ2n) is 17.6. The number of aliphatic hydroxyl groups excluding tert-OH is 2. The molecular formula is C48H99N2O7P. The minimum Gasteiger partial charge on any atom is -0.393 e. The summed E-state index contributed by atoms with van der Waals surface area (Å²) in [6, 6.07) is -0.891. The molecule has 4 atom stereocenters. The second kappa shape index (κ2) is 44.5. The van der Waals surface area contributed by atoms with E-state index in [0.29, 0.717) is 12.8 Å². The number of phosphoric acid groups is 1. The van der Waals surface area contributed by atoms with Crippen molar-refractivity contribution in [2.45, 2.75) is 283 Å². The van der Waals surface area contributed by atoms with Gasteiger partial charge in [0.15, 0.2) is 0 Å². The Morgan fingerprint density at radius 2 is 0.828 bits per heavy atom. The van der Waals surface area contributed by atoms with Crippen LogP contribution in [0, 0.1) is 0 Å². The average molecular weight is 847 g/mol. The van der Waals surface area contributed by atoms with Crippen LogP contribution in [0.15, 0.2) is 0 Å². The Balaban J connectivity index is 4.13. The van der Waals surface area contributed by atoms with Crippen LogP contribution in [0.2, 0.25) is 0 Å².